The number of thiazole rings is 1. The molecule has 14 heteroatoms. The highest BCUT2D eigenvalue weighted by molar-refractivity contribution is 14.0. The smallest absolute Gasteiger partial charge is 0.328 e. The molecule has 0 fully saturated rings. The molecule has 7 N–H and O–H groups in total. The molecule has 0 radical (unpaired) electrons. The monoisotopic (exact) mass is 562 g/mol. The van der Waals surface area contributed by atoms with Crippen LogP contribution >= 0.6 is 58.8 Å². The highest BCUT2D eigenvalue weighted by Gasteiger charge is 2.01. The molecular formula is C14H23IN6O4S3. The summed E-state index contributed by atoms with van der Waals surface area (Å²) in [6.07, 6.45) is 3.12. The van der Waals surface area contributed by atoms with Crippen LogP contribution in [0.1, 0.15) is 5.69 Å². The van der Waals surface area contributed by atoms with Crippen molar-refractivity contribution < 1.29 is 19.8 Å². The molecule has 0 aliphatic rings. The molecule has 28 heavy (non-hydrogen) atoms. The lowest BCUT2D eigenvalue weighted by Crippen LogP contribution is -2.22. The van der Waals surface area contributed by atoms with Crippen LogP contribution in [-0.4, -0.2) is 63.9 Å². The Morgan fingerprint density at radius 2 is 1.93 bits per heavy atom. The van der Waals surface area contributed by atoms with Crippen molar-refractivity contribution in [1.29, 1.82) is 0 Å². The molecule has 1 rings (SSSR count). The van der Waals surface area contributed by atoms with Crippen molar-refractivity contribution in [2.75, 3.05) is 25.6 Å². The number of nitrogens with two attached hydrogens (primary N) is 2. The van der Waals surface area contributed by atoms with E-state index >= 15 is 0 Å². The zero-order valence-electron chi connectivity index (χ0n) is 15.2. The number of thioether (sulfide) groups is 2. The largest absolute Gasteiger partial charge is 0.478 e. The van der Waals surface area contributed by atoms with Gasteiger partial charge in [0, 0.05) is 42.6 Å². The highest BCUT2D eigenvalue weighted by Crippen LogP contribution is 2.21. The summed E-state index contributed by atoms with van der Waals surface area (Å²) >= 11 is 4.87. The Labute approximate surface area is 192 Å². The van der Waals surface area contributed by atoms with E-state index in [1.807, 2.05) is 23.4 Å². The van der Waals surface area contributed by atoms with Crippen molar-refractivity contribution in [1.82, 2.24) is 10.3 Å². The second-order valence-corrected chi connectivity index (χ2v) is 7.12. The van der Waals surface area contributed by atoms with Gasteiger partial charge in [0.05, 0.1) is 5.69 Å². The van der Waals surface area contributed by atoms with Crippen LogP contribution in [0.2, 0.25) is 0 Å². The summed E-state index contributed by atoms with van der Waals surface area (Å²) in [4.78, 5) is 31.4. The number of carboxylic acids is 2. The van der Waals surface area contributed by atoms with Crippen LogP contribution in [0.15, 0.2) is 27.5 Å². The number of aliphatic carboxylic acids is 2. The summed E-state index contributed by atoms with van der Waals surface area (Å²) in [5.74, 6) is -0.619. The lowest BCUT2D eigenvalue weighted by Gasteiger charge is -2.05. The SMILES string of the molecule is CN=C(NCCSCc1csc(N=C(N)N)n1)SC.I.O=C(O)/C=C\C(=O)O. The Bertz CT molecular complexity index is 676. The number of amidine groups is 1. The van der Waals surface area contributed by atoms with Crippen LogP contribution < -0.4 is 16.8 Å². The van der Waals surface area contributed by atoms with Crippen molar-refractivity contribution >= 4 is 87.0 Å². The fourth-order valence-electron chi connectivity index (χ4n) is 1.32. The van der Waals surface area contributed by atoms with E-state index in [1.165, 1.54) is 11.3 Å². The van der Waals surface area contributed by atoms with Gasteiger partial charge < -0.3 is 27.0 Å². The molecule has 158 valence electrons. The first-order valence-corrected chi connectivity index (χ1v) is 10.5. The average Bonchev–Trinajstić information content (AvgIpc) is 3.03. The molecule has 1 aromatic rings. The zero-order chi connectivity index (χ0) is 20.7. The predicted octanol–water partition coefficient (Wildman–Crippen LogP) is 1.55. The fraction of sp³-hybridized carbons (Fsp3) is 0.357. The van der Waals surface area contributed by atoms with Gasteiger partial charge in [-0.05, 0) is 6.26 Å². The Morgan fingerprint density at radius 1 is 1.32 bits per heavy atom. The molecule has 0 aliphatic carbocycles. The van der Waals surface area contributed by atoms with Gasteiger partial charge >= 0.3 is 11.9 Å². The normalized spacial score (nSPS) is 10.4. The molecule has 0 unspecified atom stereocenters. The number of carboxylic acid groups (broad SMARTS) is 2. The second kappa shape index (κ2) is 17.6. The summed E-state index contributed by atoms with van der Waals surface area (Å²) in [6.45, 7) is 0.892. The Morgan fingerprint density at radius 3 is 2.39 bits per heavy atom. The van der Waals surface area contributed by atoms with Crippen LogP contribution in [0.25, 0.3) is 0 Å². The first kappa shape index (κ1) is 28.7. The van der Waals surface area contributed by atoms with E-state index in [9.17, 15) is 9.59 Å². The molecule has 0 atom stereocenters. The molecule has 10 nitrogen and oxygen atoms in total. The zero-order valence-corrected chi connectivity index (χ0v) is 20.0. The number of nitrogens with one attached hydrogen (secondary N) is 1. The minimum absolute atomic E-state index is 0. The summed E-state index contributed by atoms with van der Waals surface area (Å²) in [5.41, 5.74) is 11.6. The van der Waals surface area contributed by atoms with Crippen LogP contribution in [0.5, 0.6) is 0 Å². The maximum Gasteiger partial charge on any atom is 0.328 e. The molecule has 0 amide bonds. The van der Waals surface area contributed by atoms with E-state index in [0.717, 1.165) is 28.9 Å². The third kappa shape index (κ3) is 16.6. The Hall–Kier alpha value is -1.52. The van der Waals surface area contributed by atoms with Crippen molar-refractivity contribution in [3.05, 3.63) is 23.2 Å². The standard InChI is InChI=1S/C10H18N6S3.C4H4O4.HI/c1-13-9(17-2)14-3-4-18-5-7-6-19-10(15-7)16-8(11)12;5-3(6)1-2-4(7)8;/h6H,3-5H2,1-2H3,(H,13,14)(H4,11,12,15,16);1-2H,(H,5,6)(H,7,8);1H/b;2-1-;. The van der Waals surface area contributed by atoms with Crippen molar-refractivity contribution in [2.24, 2.45) is 21.5 Å². The summed E-state index contributed by atoms with van der Waals surface area (Å²) in [6, 6.07) is 0. The lowest BCUT2D eigenvalue weighted by atomic mass is 10.5. The van der Waals surface area contributed by atoms with Gasteiger partial charge in [0.2, 0.25) is 5.13 Å². The summed E-state index contributed by atoms with van der Waals surface area (Å²) in [5, 5.41) is 22.4. The molecule has 0 aliphatic heterocycles. The summed E-state index contributed by atoms with van der Waals surface area (Å²) < 4.78 is 0. The topological polar surface area (TPSA) is 176 Å². The van der Waals surface area contributed by atoms with Crippen molar-refractivity contribution in [3.8, 4) is 0 Å². The lowest BCUT2D eigenvalue weighted by molar-refractivity contribution is -0.134. The quantitative estimate of drug-likeness (QED) is 0.103. The Kier molecular flexibility index (Phi) is 18.0. The second-order valence-electron chi connectivity index (χ2n) is 4.38. The predicted molar refractivity (Wildman–Crippen MR) is 128 cm³/mol. The first-order valence-electron chi connectivity index (χ1n) is 7.28. The third-order valence-electron chi connectivity index (χ3n) is 2.30. The fourth-order valence-corrected chi connectivity index (χ4v) is 3.30. The molecule has 1 aromatic heterocycles. The third-order valence-corrected chi connectivity index (χ3v) is 4.79. The van der Waals surface area contributed by atoms with Crippen molar-refractivity contribution in [2.45, 2.75) is 5.75 Å². The van der Waals surface area contributed by atoms with Gasteiger partial charge in [-0.15, -0.1) is 35.3 Å². The number of halogens is 1. The average molecular weight is 562 g/mol. The van der Waals surface area contributed by atoms with Gasteiger partial charge in [-0.2, -0.15) is 16.8 Å². The number of nitrogens with zero attached hydrogens (tertiary/aromatic N) is 3. The summed E-state index contributed by atoms with van der Waals surface area (Å²) in [7, 11) is 1.78. The number of aliphatic imine (C=N–C) groups is 2. The van der Waals surface area contributed by atoms with E-state index in [0.29, 0.717) is 17.3 Å². The number of carbonyl (C=O) groups is 2. The molecule has 0 saturated heterocycles. The number of hydrogen-bond acceptors (Lipinski definition) is 8. The van der Waals surface area contributed by atoms with E-state index in [2.05, 4.69) is 20.3 Å². The van der Waals surface area contributed by atoms with E-state index in [4.69, 9.17) is 21.7 Å². The van der Waals surface area contributed by atoms with Crippen LogP contribution in [0.4, 0.5) is 5.13 Å². The molecule has 1 heterocycles. The molecule has 0 aromatic carbocycles. The van der Waals surface area contributed by atoms with Crippen LogP contribution in [0.3, 0.4) is 0 Å². The van der Waals surface area contributed by atoms with Gasteiger partial charge in [0.15, 0.2) is 11.1 Å². The molecule has 0 spiro atoms. The molecular weight excluding hydrogens is 539 g/mol. The first-order chi connectivity index (χ1) is 12.8. The van der Waals surface area contributed by atoms with Gasteiger partial charge in [-0.3, -0.25) is 4.99 Å². The van der Waals surface area contributed by atoms with Crippen molar-refractivity contribution in [3.63, 3.8) is 0 Å². The maximum atomic E-state index is 9.55. The van der Waals surface area contributed by atoms with Crippen LogP contribution in [-0.2, 0) is 15.3 Å². The number of hydrogen-bond donors (Lipinski definition) is 5. The van der Waals surface area contributed by atoms with Gasteiger partial charge in [0.1, 0.15) is 0 Å². The number of rotatable bonds is 8. The maximum absolute atomic E-state index is 9.55. The highest BCUT2D eigenvalue weighted by atomic mass is 127. The van der Waals surface area contributed by atoms with Gasteiger partial charge in [-0.25, -0.2) is 14.6 Å². The van der Waals surface area contributed by atoms with E-state index in [1.54, 1.807) is 18.8 Å². The van der Waals surface area contributed by atoms with Crippen LogP contribution in [0, 0.1) is 0 Å². The minimum atomic E-state index is -1.26. The Balaban J connectivity index is 0. The van der Waals surface area contributed by atoms with Gasteiger partial charge in [-0.1, -0.05) is 11.8 Å². The minimum Gasteiger partial charge on any atom is -0.478 e. The molecule has 0 bridgehead atoms. The van der Waals surface area contributed by atoms with E-state index in [-0.39, 0.29) is 29.9 Å². The van der Waals surface area contributed by atoms with E-state index < -0.39 is 11.9 Å². The number of guanidine groups is 1. The number of aromatic nitrogens is 1. The van der Waals surface area contributed by atoms with Gasteiger partial charge in [0.25, 0.3) is 0 Å². The molecule has 0 saturated carbocycles.